The number of nitrogens with one attached hydrogen (secondary N) is 1. The van der Waals surface area contributed by atoms with Crippen LogP contribution in [0.25, 0.3) is 0 Å². The smallest absolute Gasteiger partial charge is 0.231 e. The predicted molar refractivity (Wildman–Crippen MR) is 93.8 cm³/mol. The molecule has 0 spiro atoms. The average molecular weight is 350 g/mol. The van der Waals surface area contributed by atoms with Crippen LogP contribution in [0.1, 0.15) is 41.3 Å². The van der Waals surface area contributed by atoms with Gasteiger partial charge in [0.15, 0.2) is 0 Å². The largest absolute Gasteiger partial charge is 0.369 e. The number of hydrogen-bond donors (Lipinski definition) is 2. The molecule has 1 aliphatic heterocycles. The minimum atomic E-state index is -0.330. The van der Waals surface area contributed by atoms with Crippen LogP contribution in [0.3, 0.4) is 0 Å². The standard InChI is InChI=1S/C17H26N4O2S/c18-15(22)11-21-9-3-4-12(10-21)17(23)19-8-7-16-20-13-5-1-2-6-14(13)24-16/h12H,1-11H2,(H2,18,22)(H,19,23)/t12-/m0/s1. The van der Waals surface area contributed by atoms with Crippen molar-refractivity contribution in [1.29, 1.82) is 0 Å². The van der Waals surface area contributed by atoms with Crippen molar-refractivity contribution in [3.05, 3.63) is 15.6 Å². The van der Waals surface area contributed by atoms with E-state index in [-0.39, 0.29) is 24.3 Å². The fraction of sp³-hybridized carbons (Fsp3) is 0.706. The van der Waals surface area contributed by atoms with Gasteiger partial charge in [0.25, 0.3) is 0 Å². The summed E-state index contributed by atoms with van der Waals surface area (Å²) in [6, 6.07) is 0. The van der Waals surface area contributed by atoms with Crippen molar-refractivity contribution in [3.8, 4) is 0 Å². The minimum absolute atomic E-state index is 0.0393. The molecule has 0 bridgehead atoms. The Bertz CT molecular complexity index is 578. The second-order valence-corrected chi connectivity index (χ2v) is 7.93. The molecule has 1 saturated heterocycles. The van der Waals surface area contributed by atoms with E-state index in [9.17, 15) is 9.59 Å². The first kappa shape index (κ1) is 17.4. The molecule has 7 heteroatoms. The molecular weight excluding hydrogens is 324 g/mol. The number of nitrogens with two attached hydrogens (primary N) is 1. The molecule has 2 aliphatic rings. The summed E-state index contributed by atoms with van der Waals surface area (Å²) in [4.78, 5) is 31.5. The zero-order chi connectivity index (χ0) is 16.9. The molecule has 0 unspecified atom stereocenters. The number of amides is 2. The van der Waals surface area contributed by atoms with E-state index in [4.69, 9.17) is 10.7 Å². The average Bonchev–Trinajstić information content (AvgIpc) is 2.97. The molecule has 0 aromatic carbocycles. The van der Waals surface area contributed by atoms with E-state index in [1.54, 1.807) is 0 Å². The number of thiazole rings is 1. The first-order valence-electron chi connectivity index (χ1n) is 8.87. The monoisotopic (exact) mass is 350 g/mol. The lowest BCUT2D eigenvalue weighted by Gasteiger charge is -2.30. The Morgan fingerprint density at radius 2 is 2.12 bits per heavy atom. The highest BCUT2D eigenvalue weighted by atomic mass is 32.1. The molecule has 1 aromatic heterocycles. The van der Waals surface area contributed by atoms with Crippen LogP contribution in [-0.4, -0.2) is 47.9 Å². The molecule has 1 atom stereocenters. The molecule has 6 nitrogen and oxygen atoms in total. The number of hydrogen-bond acceptors (Lipinski definition) is 5. The molecule has 3 rings (SSSR count). The van der Waals surface area contributed by atoms with E-state index in [2.05, 4.69) is 5.32 Å². The van der Waals surface area contributed by atoms with Gasteiger partial charge in [-0.2, -0.15) is 0 Å². The number of aryl methyl sites for hydroxylation is 2. The minimum Gasteiger partial charge on any atom is -0.369 e. The van der Waals surface area contributed by atoms with Gasteiger partial charge in [0, 0.05) is 24.4 Å². The molecule has 1 aromatic rings. The Kier molecular flexibility index (Phi) is 5.84. The number of carbonyl (C=O) groups is 2. The maximum Gasteiger partial charge on any atom is 0.231 e. The maximum atomic E-state index is 12.3. The summed E-state index contributed by atoms with van der Waals surface area (Å²) in [5.74, 6) is -0.281. The van der Waals surface area contributed by atoms with Crippen molar-refractivity contribution in [1.82, 2.24) is 15.2 Å². The molecular formula is C17H26N4O2S. The molecule has 0 saturated carbocycles. The molecule has 0 radical (unpaired) electrons. The highest BCUT2D eigenvalue weighted by Crippen LogP contribution is 2.26. The summed E-state index contributed by atoms with van der Waals surface area (Å²) in [6.07, 6.45) is 7.41. The van der Waals surface area contributed by atoms with Gasteiger partial charge < -0.3 is 11.1 Å². The third-order valence-electron chi connectivity index (χ3n) is 4.78. The number of primary amides is 1. The maximum absolute atomic E-state index is 12.3. The number of carbonyl (C=O) groups excluding carboxylic acids is 2. The highest BCUT2D eigenvalue weighted by molar-refractivity contribution is 7.11. The van der Waals surface area contributed by atoms with Gasteiger partial charge in [-0.25, -0.2) is 4.98 Å². The van der Waals surface area contributed by atoms with Gasteiger partial charge >= 0.3 is 0 Å². The van der Waals surface area contributed by atoms with Crippen molar-refractivity contribution in [2.24, 2.45) is 11.7 Å². The van der Waals surface area contributed by atoms with Crippen molar-refractivity contribution < 1.29 is 9.59 Å². The van der Waals surface area contributed by atoms with Crippen molar-refractivity contribution in [3.63, 3.8) is 0 Å². The Hall–Kier alpha value is -1.47. The van der Waals surface area contributed by atoms with Crippen LogP contribution in [0, 0.1) is 5.92 Å². The van der Waals surface area contributed by atoms with Crippen molar-refractivity contribution in [2.45, 2.75) is 44.9 Å². The number of piperidine rings is 1. The molecule has 3 N–H and O–H groups in total. The Balaban J connectivity index is 1.43. The van der Waals surface area contributed by atoms with Crippen LogP contribution < -0.4 is 11.1 Å². The van der Waals surface area contributed by atoms with Crippen LogP contribution in [-0.2, 0) is 28.9 Å². The first-order valence-corrected chi connectivity index (χ1v) is 9.69. The van der Waals surface area contributed by atoms with Crippen molar-refractivity contribution in [2.75, 3.05) is 26.2 Å². The van der Waals surface area contributed by atoms with Crippen molar-refractivity contribution >= 4 is 23.2 Å². The van der Waals surface area contributed by atoms with Gasteiger partial charge in [0.05, 0.1) is 23.2 Å². The SMILES string of the molecule is NC(=O)CN1CCC[C@H](C(=O)NCCc2nc3c(s2)CCCC3)C1. The fourth-order valence-electron chi connectivity index (χ4n) is 3.58. The third-order valence-corrected chi connectivity index (χ3v) is 6.00. The molecule has 24 heavy (non-hydrogen) atoms. The van der Waals surface area contributed by atoms with Gasteiger partial charge in [-0.15, -0.1) is 11.3 Å². The van der Waals surface area contributed by atoms with Crippen LogP contribution >= 0.6 is 11.3 Å². The Labute approximate surface area is 146 Å². The Morgan fingerprint density at radius 3 is 2.92 bits per heavy atom. The van der Waals surface area contributed by atoms with E-state index in [0.29, 0.717) is 13.1 Å². The van der Waals surface area contributed by atoms with E-state index < -0.39 is 0 Å². The predicted octanol–water partition coefficient (Wildman–Crippen LogP) is 0.878. The summed E-state index contributed by atoms with van der Waals surface area (Å²) >= 11 is 1.81. The first-order chi connectivity index (χ1) is 11.6. The summed E-state index contributed by atoms with van der Waals surface area (Å²) < 4.78 is 0. The Morgan fingerprint density at radius 1 is 1.29 bits per heavy atom. The van der Waals surface area contributed by atoms with Gasteiger partial charge in [0.1, 0.15) is 0 Å². The summed E-state index contributed by atoms with van der Waals surface area (Å²) in [6.45, 7) is 2.35. The quantitative estimate of drug-likeness (QED) is 0.797. The van der Waals surface area contributed by atoms with Gasteiger partial charge in [-0.1, -0.05) is 0 Å². The summed E-state index contributed by atoms with van der Waals surface area (Å²) in [7, 11) is 0. The number of likely N-dealkylation sites (tertiary alicyclic amines) is 1. The fourth-order valence-corrected chi connectivity index (χ4v) is 4.74. The van der Waals surface area contributed by atoms with Crippen LogP contribution in [0.5, 0.6) is 0 Å². The molecule has 2 heterocycles. The van der Waals surface area contributed by atoms with Crippen LogP contribution in [0.15, 0.2) is 0 Å². The second kappa shape index (κ2) is 8.07. The molecule has 2 amide bonds. The van der Waals surface area contributed by atoms with E-state index in [1.807, 2.05) is 16.2 Å². The summed E-state index contributed by atoms with van der Waals surface area (Å²) in [5, 5.41) is 4.18. The summed E-state index contributed by atoms with van der Waals surface area (Å²) in [5.41, 5.74) is 6.52. The lowest BCUT2D eigenvalue weighted by Crippen LogP contribution is -2.46. The lowest BCUT2D eigenvalue weighted by molar-refractivity contribution is -0.128. The third kappa shape index (κ3) is 4.54. The van der Waals surface area contributed by atoms with Crippen LogP contribution in [0.2, 0.25) is 0 Å². The molecule has 1 aliphatic carbocycles. The van der Waals surface area contributed by atoms with E-state index >= 15 is 0 Å². The number of rotatable bonds is 6. The molecule has 132 valence electrons. The number of fused-ring (bicyclic) bond motifs is 1. The van der Waals surface area contributed by atoms with E-state index in [1.165, 1.54) is 23.4 Å². The van der Waals surface area contributed by atoms with E-state index in [0.717, 1.165) is 43.7 Å². The topological polar surface area (TPSA) is 88.3 Å². The van der Waals surface area contributed by atoms with Gasteiger partial charge in [0.2, 0.25) is 11.8 Å². The molecule has 1 fully saturated rings. The van der Waals surface area contributed by atoms with Crippen LogP contribution in [0.4, 0.5) is 0 Å². The van der Waals surface area contributed by atoms with Gasteiger partial charge in [-0.05, 0) is 45.1 Å². The second-order valence-electron chi connectivity index (χ2n) is 6.77. The zero-order valence-electron chi connectivity index (χ0n) is 14.1. The normalized spacial score (nSPS) is 21.2. The highest BCUT2D eigenvalue weighted by Gasteiger charge is 2.26. The number of aromatic nitrogens is 1. The number of nitrogens with zero attached hydrogens (tertiary/aromatic N) is 2. The lowest BCUT2D eigenvalue weighted by atomic mass is 9.97. The van der Waals surface area contributed by atoms with Gasteiger partial charge in [-0.3, -0.25) is 14.5 Å². The zero-order valence-corrected chi connectivity index (χ0v) is 14.9.